The highest BCUT2D eigenvalue weighted by Gasteiger charge is 2.43. The summed E-state index contributed by atoms with van der Waals surface area (Å²) in [5.74, 6) is 0.624. The highest BCUT2D eigenvalue weighted by Crippen LogP contribution is 2.39. The Morgan fingerprint density at radius 2 is 1.85 bits per heavy atom. The third-order valence-corrected chi connectivity index (χ3v) is 9.31. The number of rotatable bonds is 2. The van der Waals surface area contributed by atoms with Crippen LogP contribution in [0.2, 0.25) is 0 Å². The minimum atomic E-state index is -0.591. The van der Waals surface area contributed by atoms with Gasteiger partial charge in [-0.05, 0) is 49.7 Å². The number of fused-ring (bicyclic) bond motifs is 1. The molecule has 0 bridgehead atoms. The molecule has 0 radical (unpaired) electrons. The number of cyclic esters (lactones) is 1. The molecule has 2 aliphatic heterocycles. The Kier molecular flexibility index (Phi) is 8.78. The molecule has 0 saturated carbocycles. The first-order valence-corrected chi connectivity index (χ1v) is 13.8. The molecule has 7 atom stereocenters. The number of hydrogen-bond donors (Lipinski definition) is 0. The van der Waals surface area contributed by atoms with E-state index < -0.39 is 5.41 Å². The third kappa shape index (κ3) is 6.57. The molecule has 3 heterocycles. The second-order valence-corrected chi connectivity index (χ2v) is 12.4. The van der Waals surface area contributed by atoms with Gasteiger partial charge in [0.15, 0.2) is 0 Å². The number of aromatic nitrogens is 1. The summed E-state index contributed by atoms with van der Waals surface area (Å²) in [5, 5.41) is 3.03. The molecule has 2 aliphatic rings. The molecule has 1 aromatic heterocycles. The highest BCUT2D eigenvalue weighted by molar-refractivity contribution is 7.09. The SMILES string of the molecule is C/C(=C\c1csc(C)n1)[C@@H]1CC2O[C@@H]2CCC[C@H](C)[C@H](C)[C@@H](C)C(=O)C(C)(C)[C@@H](C)CC(=O)O1. The van der Waals surface area contributed by atoms with E-state index in [-0.39, 0.29) is 48.3 Å². The van der Waals surface area contributed by atoms with Crippen LogP contribution in [0.3, 0.4) is 0 Å². The lowest BCUT2D eigenvalue weighted by Gasteiger charge is -2.36. The van der Waals surface area contributed by atoms with Gasteiger partial charge in [0.1, 0.15) is 11.9 Å². The topological polar surface area (TPSA) is 68.8 Å². The lowest BCUT2D eigenvalue weighted by atomic mass is 9.67. The van der Waals surface area contributed by atoms with Gasteiger partial charge in [-0.25, -0.2) is 4.98 Å². The Balaban J connectivity index is 1.81. The molecule has 6 heteroatoms. The van der Waals surface area contributed by atoms with Crippen LogP contribution < -0.4 is 0 Å². The molecular formula is C28H43NO4S. The van der Waals surface area contributed by atoms with Crippen LogP contribution in [-0.2, 0) is 19.1 Å². The van der Waals surface area contributed by atoms with Gasteiger partial charge in [-0.1, -0.05) is 54.4 Å². The van der Waals surface area contributed by atoms with Crippen molar-refractivity contribution in [2.45, 2.75) is 106 Å². The Bertz CT molecular complexity index is 904. The molecular weight excluding hydrogens is 446 g/mol. The predicted octanol–water partition coefficient (Wildman–Crippen LogP) is 6.64. The summed E-state index contributed by atoms with van der Waals surface area (Å²) in [7, 11) is 0. The summed E-state index contributed by atoms with van der Waals surface area (Å²) in [4.78, 5) is 31.1. The van der Waals surface area contributed by atoms with Crippen LogP contribution in [0.25, 0.3) is 6.08 Å². The Morgan fingerprint density at radius 3 is 2.50 bits per heavy atom. The maximum Gasteiger partial charge on any atom is 0.306 e. The fraction of sp³-hybridized carbons (Fsp3) is 0.750. The summed E-state index contributed by atoms with van der Waals surface area (Å²) in [6, 6.07) is 0. The van der Waals surface area contributed by atoms with Crippen molar-refractivity contribution < 1.29 is 19.1 Å². The first kappa shape index (κ1) is 27.1. The molecule has 1 unspecified atom stereocenters. The van der Waals surface area contributed by atoms with E-state index in [4.69, 9.17) is 9.47 Å². The number of esters is 1. The lowest BCUT2D eigenvalue weighted by Crippen LogP contribution is -2.40. The highest BCUT2D eigenvalue weighted by atomic mass is 32.1. The Morgan fingerprint density at radius 1 is 1.15 bits per heavy atom. The fourth-order valence-electron chi connectivity index (χ4n) is 5.13. The number of ether oxygens (including phenoxy) is 2. The summed E-state index contributed by atoms with van der Waals surface area (Å²) < 4.78 is 12.0. The van der Waals surface area contributed by atoms with Crippen molar-refractivity contribution in [3.63, 3.8) is 0 Å². The molecule has 2 fully saturated rings. The van der Waals surface area contributed by atoms with Crippen LogP contribution in [-0.4, -0.2) is 35.0 Å². The van der Waals surface area contributed by atoms with Crippen molar-refractivity contribution >= 4 is 29.2 Å². The molecule has 190 valence electrons. The number of thiazole rings is 1. The molecule has 0 amide bonds. The van der Waals surface area contributed by atoms with Crippen LogP contribution in [0.1, 0.15) is 91.3 Å². The van der Waals surface area contributed by atoms with E-state index in [9.17, 15) is 9.59 Å². The zero-order valence-electron chi connectivity index (χ0n) is 22.2. The van der Waals surface area contributed by atoms with E-state index in [2.05, 4.69) is 25.8 Å². The second-order valence-electron chi connectivity index (χ2n) is 11.4. The average molecular weight is 490 g/mol. The van der Waals surface area contributed by atoms with Crippen LogP contribution in [0.15, 0.2) is 11.0 Å². The van der Waals surface area contributed by atoms with Crippen molar-refractivity contribution in [3.05, 3.63) is 21.7 Å². The van der Waals surface area contributed by atoms with Gasteiger partial charge in [-0.3, -0.25) is 9.59 Å². The van der Waals surface area contributed by atoms with Gasteiger partial charge >= 0.3 is 5.97 Å². The van der Waals surface area contributed by atoms with Gasteiger partial charge in [0.05, 0.1) is 22.9 Å². The Hall–Kier alpha value is -1.53. The monoisotopic (exact) mass is 489 g/mol. The van der Waals surface area contributed by atoms with Crippen molar-refractivity contribution in [2.75, 3.05) is 0 Å². The van der Waals surface area contributed by atoms with Crippen LogP contribution in [0.5, 0.6) is 0 Å². The molecule has 1 aromatic rings. The number of aryl methyl sites for hydroxylation is 1. The molecule has 0 aromatic carbocycles. The number of hydrogen-bond acceptors (Lipinski definition) is 6. The average Bonchev–Trinajstić information content (AvgIpc) is 3.38. The van der Waals surface area contributed by atoms with E-state index in [1.165, 1.54) is 0 Å². The van der Waals surface area contributed by atoms with E-state index in [0.29, 0.717) is 18.3 Å². The normalized spacial score (nSPS) is 36.0. The van der Waals surface area contributed by atoms with Crippen LogP contribution in [0, 0.1) is 36.0 Å². The van der Waals surface area contributed by atoms with Gasteiger partial charge in [-0.2, -0.15) is 0 Å². The molecule has 34 heavy (non-hydrogen) atoms. The minimum absolute atomic E-state index is 0.0409. The molecule has 0 N–H and O–H groups in total. The fourth-order valence-corrected chi connectivity index (χ4v) is 5.70. The standard InChI is InChI=1S/C28H43NO4S/c1-16-10-9-11-23-25(32-23)14-24(17(2)12-22-15-34-21(6)29-22)33-26(30)13-18(3)28(7,8)27(31)20(5)19(16)4/h12,15-16,18-20,23-25H,9-11,13-14H2,1-8H3/b17-12+/t16-,18-,19-,20+,23+,24-,25?/m0/s1. The van der Waals surface area contributed by atoms with Gasteiger partial charge in [0.2, 0.25) is 0 Å². The van der Waals surface area contributed by atoms with Crippen LogP contribution in [0.4, 0.5) is 0 Å². The van der Waals surface area contributed by atoms with Crippen molar-refractivity contribution in [2.24, 2.45) is 29.1 Å². The zero-order chi connectivity index (χ0) is 25.2. The van der Waals surface area contributed by atoms with Crippen molar-refractivity contribution in [1.29, 1.82) is 0 Å². The first-order valence-electron chi connectivity index (χ1n) is 12.9. The van der Waals surface area contributed by atoms with E-state index in [1.807, 2.05) is 46.1 Å². The smallest absolute Gasteiger partial charge is 0.306 e. The van der Waals surface area contributed by atoms with Gasteiger partial charge < -0.3 is 9.47 Å². The van der Waals surface area contributed by atoms with E-state index >= 15 is 0 Å². The summed E-state index contributed by atoms with van der Waals surface area (Å²) in [6.45, 7) is 16.5. The maximum atomic E-state index is 13.5. The minimum Gasteiger partial charge on any atom is -0.458 e. The number of carbonyl (C=O) groups excluding carboxylic acids is 2. The van der Waals surface area contributed by atoms with Gasteiger partial charge in [0.25, 0.3) is 0 Å². The number of carbonyl (C=O) groups is 2. The number of nitrogens with zero attached hydrogens (tertiary/aromatic N) is 1. The quantitative estimate of drug-likeness (QED) is 0.344. The van der Waals surface area contributed by atoms with E-state index in [0.717, 1.165) is 35.5 Å². The third-order valence-electron chi connectivity index (χ3n) is 8.52. The largest absolute Gasteiger partial charge is 0.458 e. The maximum absolute atomic E-state index is 13.5. The van der Waals surface area contributed by atoms with Crippen molar-refractivity contribution in [1.82, 2.24) is 4.98 Å². The number of epoxide rings is 1. The summed E-state index contributed by atoms with van der Waals surface area (Å²) in [5.41, 5.74) is 1.29. The van der Waals surface area contributed by atoms with Gasteiger partial charge in [-0.15, -0.1) is 11.3 Å². The predicted molar refractivity (Wildman–Crippen MR) is 138 cm³/mol. The molecule has 0 aliphatic carbocycles. The summed E-state index contributed by atoms with van der Waals surface area (Å²) in [6.07, 6.45) is 6.13. The molecule has 0 spiro atoms. The lowest BCUT2D eigenvalue weighted by molar-refractivity contribution is -0.150. The van der Waals surface area contributed by atoms with E-state index in [1.54, 1.807) is 11.3 Å². The first-order chi connectivity index (χ1) is 15.9. The molecule has 2 saturated heterocycles. The molecule has 3 rings (SSSR count). The zero-order valence-corrected chi connectivity index (χ0v) is 23.0. The Labute approximate surface area is 209 Å². The second kappa shape index (κ2) is 11.0. The van der Waals surface area contributed by atoms with Crippen molar-refractivity contribution in [3.8, 4) is 0 Å². The van der Waals surface area contributed by atoms with Crippen LogP contribution >= 0.6 is 11.3 Å². The number of Topliss-reactive ketones (excluding diaryl/α,β-unsaturated/α-hetero) is 1. The molecule has 5 nitrogen and oxygen atoms in total. The summed E-state index contributed by atoms with van der Waals surface area (Å²) >= 11 is 1.61. The van der Waals surface area contributed by atoms with Gasteiger partial charge in [0, 0.05) is 29.6 Å². The number of ketones is 1.